The molecule has 0 aliphatic rings. The smallest absolute Gasteiger partial charge is 0.0946 e. The second-order valence-electron chi connectivity index (χ2n) is 3.59. The van der Waals surface area contributed by atoms with Gasteiger partial charge in [-0.3, -0.25) is 0 Å². The van der Waals surface area contributed by atoms with E-state index < -0.39 is 0 Å². The summed E-state index contributed by atoms with van der Waals surface area (Å²) in [5.41, 5.74) is 1.31. The predicted molar refractivity (Wildman–Crippen MR) is 59.3 cm³/mol. The third-order valence-corrected chi connectivity index (χ3v) is 2.46. The molecule has 4 heteroatoms. The zero-order chi connectivity index (χ0) is 10.5. The van der Waals surface area contributed by atoms with Crippen molar-refractivity contribution in [2.24, 2.45) is 7.05 Å². The SMILES string of the molecule is Cn1cccc1CNCCn1ccnc1. The minimum Gasteiger partial charge on any atom is -0.353 e. The number of aromatic nitrogens is 3. The zero-order valence-electron chi connectivity index (χ0n) is 8.93. The van der Waals surface area contributed by atoms with E-state index in [0.717, 1.165) is 19.6 Å². The molecule has 0 radical (unpaired) electrons. The van der Waals surface area contributed by atoms with Crippen LogP contribution in [-0.2, 0) is 20.1 Å². The van der Waals surface area contributed by atoms with Crippen molar-refractivity contribution in [3.63, 3.8) is 0 Å². The van der Waals surface area contributed by atoms with Crippen LogP contribution in [0.3, 0.4) is 0 Å². The van der Waals surface area contributed by atoms with E-state index in [2.05, 4.69) is 44.8 Å². The van der Waals surface area contributed by atoms with Gasteiger partial charge in [-0.15, -0.1) is 0 Å². The molecule has 2 rings (SSSR count). The van der Waals surface area contributed by atoms with Gasteiger partial charge in [-0.05, 0) is 12.1 Å². The van der Waals surface area contributed by atoms with Crippen LogP contribution in [-0.4, -0.2) is 20.7 Å². The summed E-state index contributed by atoms with van der Waals surface area (Å²) in [6.07, 6.45) is 7.68. The molecule has 80 valence electrons. The molecular weight excluding hydrogens is 188 g/mol. The van der Waals surface area contributed by atoms with E-state index in [1.54, 1.807) is 6.20 Å². The van der Waals surface area contributed by atoms with Crippen molar-refractivity contribution < 1.29 is 0 Å². The first-order chi connectivity index (χ1) is 7.36. The second kappa shape index (κ2) is 4.79. The van der Waals surface area contributed by atoms with Crippen molar-refractivity contribution in [3.05, 3.63) is 42.7 Å². The van der Waals surface area contributed by atoms with Crippen molar-refractivity contribution in [3.8, 4) is 0 Å². The molecule has 0 aromatic carbocycles. The molecule has 2 aromatic heterocycles. The van der Waals surface area contributed by atoms with Crippen LogP contribution in [0.2, 0.25) is 0 Å². The summed E-state index contributed by atoms with van der Waals surface area (Å²) >= 11 is 0. The van der Waals surface area contributed by atoms with Crippen LogP contribution in [0.5, 0.6) is 0 Å². The van der Waals surface area contributed by atoms with Crippen molar-refractivity contribution >= 4 is 0 Å². The van der Waals surface area contributed by atoms with Gasteiger partial charge in [-0.1, -0.05) is 0 Å². The molecule has 0 spiro atoms. The summed E-state index contributed by atoms with van der Waals surface area (Å²) in [6, 6.07) is 4.19. The summed E-state index contributed by atoms with van der Waals surface area (Å²) < 4.78 is 4.20. The van der Waals surface area contributed by atoms with Gasteiger partial charge in [0.25, 0.3) is 0 Å². The van der Waals surface area contributed by atoms with Crippen LogP contribution in [0.1, 0.15) is 5.69 Å². The standard InChI is InChI=1S/C11H16N4/c1-14-6-2-3-11(14)9-12-4-7-15-8-5-13-10-15/h2-3,5-6,8,10,12H,4,7,9H2,1H3. The molecule has 1 N–H and O–H groups in total. The van der Waals surface area contributed by atoms with E-state index in [-0.39, 0.29) is 0 Å². The fourth-order valence-corrected chi connectivity index (χ4v) is 1.52. The number of rotatable bonds is 5. The Labute approximate surface area is 89.6 Å². The molecule has 0 bridgehead atoms. The van der Waals surface area contributed by atoms with Gasteiger partial charge >= 0.3 is 0 Å². The van der Waals surface area contributed by atoms with Crippen LogP contribution in [0.15, 0.2) is 37.1 Å². The summed E-state index contributed by atoms with van der Waals surface area (Å²) in [4.78, 5) is 4.00. The lowest BCUT2D eigenvalue weighted by Crippen LogP contribution is -2.20. The van der Waals surface area contributed by atoms with E-state index in [1.165, 1.54) is 5.69 Å². The van der Waals surface area contributed by atoms with Gasteiger partial charge in [0.15, 0.2) is 0 Å². The molecule has 2 aromatic rings. The Morgan fingerprint density at radius 3 is 3.00 bits per heavy atom. The number of imidazole rings is 1. The summed E-state index contributed by atoms with van der Waals surface area (Å²) in [5.74, 6) is 0. The molecular formula is C11H16N4. The van der Waals surface area contributed by atoms with Gasteiger partial charge in [0.2, 0.25) is 0 Å². The minimum absolute atomic E-state index is 0.915. The predicted octanol–water partition coefficient (Wildman–Crippen LogP) is 1.01. The third-order valence-electron chi connectivity index (χ3n) is 2.46. The maximum atomic E-state index is 4.00. The number of aryl methyl sites for hydroxylation is 1. The second-order valence-corrected chi connectivity index (χ2v) is 3.59. The summed E-state index contributed by atoms with van der Waals surface area (Å²) in [6.45, 7) is 2.84. The van der Waals surface area contributed by atoms with E-state index in [4.69, 9.17) is 0 Å². The number of hydrogen-bond acceptors (Lipinski definition) is 2. The van der Waals surface area contributed by atoms with Crippen molar-refractivity contribution in [2.75, 3.05) is 6.54 Å². The highest BCUT2D eigenvalue weighted by Crippen LogP contribution is 1.97. The molecule has 0 saturated carbocycles. The zero-order valence-corrected chi connectivity index (χ0v) is 8.93. The molecule has 4 nitrogen and oxygen atoms in total. The highest BCUT2D eigenvalue weighted by molar-refractivity contribution is 5.05. The van der Waals surface area contributed by atoms with Gasteiger partial charge in [-0.2, -0.15) is 0 Å². The maximum absolute atomic E-state index is 4.00. The first kappa shape index (κ1) is 9.98. The molecule has 0 amide bonds. The maximum Gasteiger partial charge on any atom is 0.0946 e. The summed E-state index contributed by atoms with van der Waals surface area (Å²) in [7, 11) is 2.06. The molecule has 0 unspecified atom stereocenters. The number of hydrogen-bond donors (Lipinski definition) is 1. The van der Waals surface area contributed by atoms with Gasteiger partial charge in [0, 0.05) is 51.0 Å². The first-order valence-electron chi connectivity index (χ1n) is 5.13. The topological polar surface area (TPSA) is 34.8 Å². The molecule has 0 aliphatic heterocycles. The van der Waals surface area contributed by atoms with Crippen LogP contribution in [0.25, 0.3) is 0 Å². The fourth-order valence-electron chi connectivity index (χ4n) is 1.52. The number of nitrogens with one attached hydrogen (secondary N) is 1. The van der Waals surface area contributed by atoms with Crippen LogP contribution < -0.4 is 5.32 Å². The van der Waals surface area contributed by atoms with E-state index >= 15 is 0 Å². The van der Waals surface area contributed by atoms with E-state index in [1.807, 2.05) is 12.5 Å². The monoisotopic (exact) mass is 204 g/mol. The Hall–Kier alpha value is -1.55. The van der Waals surface area contributed by atoms with E-state index in [9.17, 15) is 0 Å². The van der Waals surface area contributed by atoms with Crippen molar-refractivity contribution in [1.82, 2.24) is 19.4 Å². The summed E-state index contributed by atoms with van der Waals surface area (Å²) in [5, 5.41) is 3.40. The molecule has 15 heavy (non-hydrogen) atoms. The molecule has 2 heterocycles. The molecule has 0 saturated heterocycles. The minimum atomic E-state index is 0.915. The van der Waals surface area contributed by atoms with Crippen LogP contribution in [0.4, 0.5) is 0 Å². The third kappa shape index (κ3) is 2.70. The quantitative estimate of drug-likeness (QED) is 0.738. The molecule has 0 atom stereocenters. The number of nitrogens with zero attached hydrogens (tertiary/aromatic N) is 3. The fraction of sp³-hybridized carbons (Fsp3) is 0.364. The lowest BCUT2D eigenvalue weighted by atomic mass is 10.4. The van der Waals surface area contributed by atoms with Crippen molar-refractivity contribution in [1.29, 1.82) is 0 Å². The normalized spacial score (nSPS) is 10.7. The Bertz CT molecular complexity index is 388. The Morgan fingerprint density at radius 1 is 1.40 bits per heavy atom. The average molecular weight is 204 g/mol. The van der Waals surface area contributed by atoms with Gasteiger partial charge < -0.3 is 14.5 Å². The van der Waals surface area contributed by atoms with Crippen LogP contribution in [0, 0.1) is 0 Å². The largest absolute Gasteiger partial charge is 0.353 e. The lowest BCUT2D eigenvalue weighted by Gasteiger charge is -2.06. The average Bonchev–Trinajstić information content (AvgIpc) is 2.85. The Balaban J connectivity index is 1.70. The van der Waals surface area contributed by atoms with Crippen molar-refractivity contribution in [2.45, 2.75) is 13.1 Å². The van der Waals surface area contributed by atoms with Crippen LogP contribution >= 0.6 is 0 Å². The first-order valence-corrected chi connectivity index (χ1v) is 5.13. The van der Waals surface area contributed by atoms with Gasteiger partial charge in [-0.25, -0.2) is 4.98 Å². The molecule has 0 aliphatic carbocycles. The van der Waals surface area contributed by atoms with E-state index in [0.29, 0.717) is 0 Å². The molecule has 0 fully saturated rings. The van der Waals surface area contributed by atoms with Gasteiger partial charge in [0.05, 0.1) is 6.33 Å². The lowest BCUT2D eigenvalue weighted by molar-refractivity contribution is 0.584. The highest BCUT2D eigenvalue weighted by Gasteiger charge is 1.95. The van der Waals surface area contributed by atoms with Gasteiger partial charge in [0.1, 0.15) is 0 Å². The highest BCUT2D eigenvalue weighted by atomic mass is 15.0. The Morgan fingerprint density at radius 2 is 2.33 bits per heavy atom. The Kier molecular flexibility index (Phi) is 3.19.